The first-order valence-electron chi connectivity index (χ1n) is 17.6. The maximum absolute atomic E-state index is 5.81. The predicted octanol–water partition coefficient (Wildman–Crippen LogP) is 10.9. The number of nitrogens with two attached hydrogens (primary N) is 1. The van der Waals surface area contributed by atoms with Crippen LogP contribution < -0.4 is 16.4 Å². The van der Waals surface area contributed by atoms with Gasteiger partial charge in [-0.15, -0.1) is 0 Å². The quantitative estimate of drug-likeness (QED) is 0.132. The highest BCUT2D eigenvalue weighted by Crippen LogP contribution is 2.56. The van der Waals surface area contributed by atoms with Crippen LogP contribution in [0.5, 0.6) is 0 Å². The van der Waals surface area contributed by atoms with Gasteiger partial charge >= 0.3 is 0 Å². The second-order valence-corrected chi connectivity index (χ2v) is 20.1. The molecule has 0 bridgehead atoms. The van der Waals surface area contributed by atoms with Gasteiger partial charge in [0.2, 0.25) is 0 Å². The van der Waals surface area contributed by atoms with Gasteiger partial charge in [0, 0.05) is 16.6 Å². The van der Waals surface area contributed by atoms with Gasteiger partial charge in [-0.3, -0.25) is 0 Å². The Balaban J connectivity index is 5.45. The van der Waals surface area contributed by atoms with Crippen LogP contribution in [0.4, 0.5) is 0 Å². The topological polar surface area (TPSA) is 50.1 Å². The highest BCUT2D eigenvalue weighted by molar-refractivity contribution is 4.99. The van der Waals surface area contributed by atoms with Crippen molar-refractivity contribution in [3.05, 3.63) is 0 Å². The first kappa shape index (κ1) is 41.9. The van der Waals surface area contributed by atoms with Gasteiger partial charge in [0.15, 0.2) is 0 Å². The molecule has 0 aromatic heterocycles. The second-order valence-electron chi connectivity index (χ2n) is 20.1. The largest absolute Gasteiger partial charge is 0.330 e. The van der Waals surface area contributed by atoms with E-state index in [0.29, 0.717) is 23.2 Å². The molecule has 0 radical (unpaired) electrons. The first-order valence-corrected chi connectivity index (χ1v) is 17.6. The summed E-state index contributed by atoms with van der Waals surface area (Å²) in [7, 11) is 0. The predicted molar refractivity (Wildman–Crippen MR) is 192 cm³/mol. The average Bonchev–Trinajstić information content (AvgIpc) is 2.75. The highest BCUT2D eigenvalue weighted by atomic mass is 15.0. The van der Waals surface area contributed by atoms with Crippen LogP contribution in [0.1, 0.15) is 177 Å². The third kappa shape index (κ3) is 12.0. The molecule has 0 aliphatic rings. The summed E-state index contributed by atoms with van der Waals surface area (Å²) in [4.78, 5) is 0. The molecule has 0 aromatic rings. The van der Waals surface area contributed by atoms with Crippen molar-refractivity contribution in [3.63, 3.8) is 0 Å². The zero-order valence-electron chi connectivity index (χ0n) is 33.0. The minimum Gasteiger partial charge on any atom is -0.330 e. The Morgan fingerprint density at radius 1 is 0.500 bits per heavy atom. The first-order chi connectivity index (χ1) is 18.4. The highest BCUT2D eigenvalue weighted by Gasteiger charge is 2.48. The SMILES string of the molecule is CC(C)C(C)(C)CC(C)C(C)(C)C(C)(C)CC(C)C(C)(C)C(C)(C)CCC(C)(C)NC(C)(C)CCNC(C)(C)CCN. The zero-order valence-corrected chi connectivity index (χ0v) is 33.0. The fourth-order valence-electron chi connectivity index (χ4n) is 7.05. The third-order valence-electron chi connectivity index (χ3n) is 13.3. The minimum atomic E-state index is 0.0681. The Labute approximate surface area is 267 Å². The lowest BCUT2D eigenvalue weighted by Gasteiger charge is -2.54. The molecule has 0 saturated carbocycles. The molecule has 0 heterocycles. The summed E-state index contributed by atoms with van der Waals surface area (Å²) >= 11 is 0. The van der Waals surface area contributed by atoms with Crippen LogP contribution in [-0.4, -0.2) is 29.7 Å². The van der Waals surface area contributed by atoms with E-state index in [4.69, 9.17) is 5.73 Å². The smallest absolute Gasteiger partial charge is 0.0142 e. The molecule has 0 amide bonds. The summed E-state index contributed by atoms with van der Waals surface area (Å²) in [5.41, 5.74) is 7.39. The Kier molecular flexibility index (Phi) is 14.5. The van der Waals surface area contributed by atoms with Crippen molar-refractivity contribution >= 4 is 0 Å². The Bertz CT molecular complexity index is 794. The van der Waals surface area contributed by atoms with Crippen LogP contribution in [0.25, 0.3) is 0 Å². The van der Waals surface area contributed by atoms with E-state index in [1.165, 1.54) is 25.7 Å². The zero-order chi connectivity index (χ0) is 33.8. The van der Waals surface area contributed by atoms with Crippen molar-refractivity contribution in [2.24, 2.45) is 50.6 Å². The summed E-state index contributed by atoms with van der Waals surface area (Å²) < 4.78 is 0. The lowest BCUT2D eigenvalue weighted by molar-refractivity contribution is -0.0404. The molecule has 3 nitrogen and oxygen atoms in total. The Morgan fingerprint density at radius 3 is 1.38 bits per heavy atom. The van der Waals surface area contributed by atoms with Gasteiger partial charge in [0.05, 0.1) is 0 Å². The molecular formula is C39H83N3. The third-order valence-corrected chi connectivity index (χ3v) is 13.3. The van der Waals surface area contributed by atoms with Crippen molar-refractivity contribution in [1.82, 2.24) is 10.6 Å². The number of nitrogens with one attached hydrogen (secondary N) is 2. The van der Waals surface area contributed by atoms with Gasteiger partial charge in [0.1, 0.15) is 0 Å². The van der Waals surface area contributed by atoms with E-state index in [0.717, 1.165) is 25.9 Å². The summed E-state index contributed by atoms with van der Waals surface area (Å²) in [5, 5.41) is 7.76. The lowest BCUT2D eigenvalue weighted by Crippen LogP contribution is -2.54. The molecule has 0 aliphatic heterocycles. The van der Waals surface area contributed by atoms with Crippen molar-refractivity contribution in [1.29, 1.82) is 0 Å². The van der Waals surface area contributed by atoms with Gasteiger partial charge in [-0.05, 0) is 138 Å². The lowest BCUT2D eigenvalue weighted by atomic mass is 9.52. The number of rotatable bonds is 20. The van der Waals surface area contributed by atoms with Gasteiger partial charge in [0.25, 0.3) is 0 Å². The summed E-state index contributed by atoms with van der Waals surface area (Å²) in [6, 6.07) is 0. The van der Waals surface area contributed by atoms with Gasteiger partial charge < -0.3 is 16.4 Å². The fraction of sp³-hybridized carbons (Fsp3) is 1.00. The Hall–Kier alpha value is -0.120. The van der Waals surface area contributed by atoms with Crippen molar-refractivity contribution < 1.29 is 0 Å². The van der Waals surface area contributed by atoms with Crippen molar-refractivity contribution in [2.75, 3.05) is 13.1 Å². The van der Waals surface area contributed by atoms with Crippen molar-refractivity contribution in [3.8, 4) is 0 Å². The summed E-state index contributed by atoms with van der Waals surface area (Å²) in [6.45, 7) is 50.8. The van der Waals surface area contributed by atoms with Crippen LogP contribution in [0.15, 0.2) is 0 Å². The van der Waals surface area contributed by atoms with Crippen LogP contribution >= 0.6 is 0 Å². The van der Waals surface area contributed by atoms with E-state index in [9.17, 15) is 0 Å². The molecule has 2 unspecified atom stereocenters. The van der Waals surface area contributed by atoms with E-state index in [-0.39, 0.29) is 38.3 Å². The number of hydrogen-bond donors (Lipinski definition) is 3. The van der Waals surface area contributed by atoms with E-state index in [1.807, 2.05) is 0 Å². The molecule has 0 rings (SSSR count). The van der Waals surface area contributed by atoms with Crippen molar-refractivity contribution in [2.45, 2.75) is 194 Å². The summed E-state index contributed by atoms with van der Waals surface area (Å²) in [5.74, 6) is 2.00. The van der Waals surface area contributed by atoms with Crippen LogP contribution in [-0.2, 0) is 0 Å². The normalized spacial score (nSPS) is 16.7. The molecule has 4 N–H and O–H groups in total. The number of hydrogen-bond acceptors (Lipinski definition) is 3. The van der Waals surface area contributed by atoms with Gasteiger partial charge in [-0.2, -0.15) is 0 Å². The average molecular weight is 594 g/mol. The molecule has 0 saturated heterocycles. The van der Waals surface area contributed by atoms with E-state index in [2.05, 4.69) is 149 Å². The summed E-state index contributed by atoms with van der Waals surface area (Å²) in [6.07, 6.45) is 7.01. The molecular weight excluding hydrogens is 510 g/mol. The molecule has 0 aromatic carbocycles. The van der Waals surface area contributed by atoms with Crippen LogP contribution in [0, 0.1) is 44.8 Å². The molecule has 3 heteroatoms. The maximum Gasteiger partial charge on any atom is 0.0142 e. The molecule has 0 aliphatic carbocycles. The second kappa shape index (κ2) is 14.5. The molecule has 0 spiro atoms. The molecule has 254 valence electrons. The molecule has 42 heavy (non-hydrogen) atoms. The maximum atomic E-state index is 5.81. The van der Waals surface area contributed by atoms with Crippen LogP contribution in [0.3, 0.4) is 0 Å². The van der Waals surface area contributed by atoms with E-state index < -0.39 is 0 Å². The fourth-order valence-corrected chi connectivity index (χ4v) is 7.05. The van der Waals surface area contributed by atoms with Gasteiger partial charge in [-0.25, -0.2) is 0 Å². The minimum absolute atomic E-state index is 0.0681. The standard InChI is InChI=1S/C39H83N3/c1-29(2)32(5,6)27-30(3)39(19,20)34(9,10)28-31(4)38(17,18)33(7,8)21-22-36(13,14)42-37(15,16)24-26-41-35(11,12)23-25-40/h29-31,41-42H,21-28,40H2,1-20H3. The van der Waals surface area contributed by atoms with Crippen LogP contribution in [0.2, 0.25) is 0 Å². The monoisotopic (exact) mass is 594 g/mol. The molecule has 2 atom stereocenters. The Morgan fingerprint density at radius 2 is 0.929 bits per heavy atom. The van der Waals surface area contributed by atoms with Gasteiger partial charge in [-0.1, -0.05) is 96.9 Å². The van der Waals surface area contributed by atoms with E-state index >= 15 is 0 Å². The molecule has 0 fully saturated rings. The van der Waals surface area contributed by atoms with E-state index in [1.54, 1.807) is 0 Å².